The zero-order valence-corrected chi connectivity index (χ0v) is 19.2. The minimum absolute atomic E-state index is 1.32. The van der Waals surface area contributed by atoms with Gasteiger partial charge < -0.3 is 0 Å². The summed E-state index contributed by atoms with van der Waals surface area (Å²) in [6, 6.07) is 22.8. The van der Waals surface area contributed by atoms with E-state index in [-0.39, 0.29) is 0 Å². The van der Waals surface area contributed by atoms with Crippen LogP contribution in [0.2, 0.25) is 0 Å². The summed E-state index contributed by atoms with van der Waals surface area (Å²) in [4.78, 5) is 0. The highest BCUT2D eigenvalue weighted by molar-refractivity contribution is 7.26. The SMILES string of the molecule is Cc1cc(C)c2sc3cc(-c4cc(C)c5c(sc6ccccc65)c4C)ccc3c2c1. The van der Waals surface area contributed by atoms with Crippen LogP contribution in [0.15, 0.2) is 60.7 Å². The molecule has 0 aliphatic heterocycles. The summed E-state index contributed by atoms with van der Waals surface area (Å²) in [5.41, 5.74) is 8.16. The molecule has 2 aromatic heterocycles. The lowest BCUT2D eigenvalue weighted by Crippen LogP contribution is -1.87. The third kappa shape index (κ3) is 2.50. The topological polar surface area (TPSA) is 0 Å². The highest BCUT2D eigenvalue weighted by Crippen LogP contribution is 2.43. The van der Waals surface area contributed by atoms with E-state index in [9.17, 15) is 0 Å². The van der Waals surface area contributed by atoms with E-state index < -0.39 is 0 Å². The predicted octanol–water partition coefficient (Wildman–Crippen LogP) is 9.32. The molecule has 0 unspecified atom stereocenters. The highest BCUT2D eigenvalue weighted by atomic mass is 32.1. The largest absolute Gasteiger partial charge is 0.135 e. The molecule has 0 N–H and O–H groups in total. The van der Waals surface area contributed by atoms with Gasteiger partial charge in [-0.1, -0.05) is 48.0 Å². The summed E-state index contributed by atoms with van der Waals surface area (Å²) in [5, 5.41) is 5.58. The second-order valence-electron chi connectivity index (χ2n) is 8.44. The monoisotopic (exact) mass is 422 g/mol. The van der Waals surface area contributed by atoms with Crippen LogP contribution in [0.25, 0.3) is 51.5 Å². The van der Waals surface area contributed by atoms with Crippen LogP contribution in [-0.4, -0.2) is 0 Å². The van der Waals surface area contributed by atoms with E-state index in [2.05, 4.69) is 88.4 Å². The molecular formula is C28H22S2. The Morgan fingerprint density at radius 3 is 2.27 bits per heavy atom. The third-order valence-corrected chi connectivity index (χ3v) is 8.90. The van der Waals surface area contributed by atoms with Gasteiger partial charge in [-0.25, -0.2) is 0 Å². The first kappa shape index (κ1) is 18.1. The van der Waals surface area contributed by atoms with Gasteiger partial charge in [0.25, 0.3) is 0 Å². The number of benzene rings is 4. The molecule has 0 aliphatic carbocycles. The van der Waals surface area contributed by atoms with Crippen LogP contribution in [0.4, 0.5) is 0 Å². The number of aryl methyl sites for hydroxylation is 4. The Morgan fingerprint density at radius 1 is 0.600 bits per heavy atom. The summed E-state index contributed by atoms with van der Waals surface area (Å²) in [6.45, 7) is 8.97. The summed E-state index contributed by atoms with van der Waals surface area (Å²) < 4.78 is 5.60. The smallest absolute Gasteiger partial charge is 0.0393 e. The first-order valence-electron chi connectivity index (χ1n) is 10.4. The normalized spacial score (nSPS) is 12.0. The summed E-state index contributed by atoms with van der Waals surface area (Å²) in [7, 11) is 0. The molecule has 0 amide bonds. The van der Waals surface area contributed by atoms with Gasteiger partial charge in [-0.2, -0.15) is 0 Å². The average molecular weight is 423 g/mol. The van der Waals surface area contributed by atoms with E-state index in [1.807, 2.05) is 22.7 Å². The quantitative estimate of drug-likeness (QED) is 0.247. The standard InChI is InChI=1S/C28H22S2/c1-15-11-17(3)27-23(12-15)20-10-9-19(14-25(20)30-27)22-13-16(2)26-21-7-5-6-8-24(21)29-28(26)18(22)4/h5-14H,1-4H3. The van der Waals surface area contributed by atoms with Gasteiger partial charge in [0, 0.05) is 40.3 Å². The molecule has 0 saturated heterocycles. The molecular weight excluding hydrogens is 400 g/mol. The van der Waals surface area contributed by atoms with Crippen LogP contribution in [0.5, 0.6) is 0 Å². The molecule has 30 heavy (non-hydrogen) atoms. The Kier molecular flexibility index (Phi) is 3.87. The first-order chi connectivity index (χ1) is 14.5. The molecule has 0 aliphatic rings. The zero-order valence-electron chi connectivity index (χ0n) is 17.6. The summed E-state index contributed by atoms with van der Waals surface area (Å²) in [6.07, 6.45) is 0. The summed E-state index contributed by atoms with van der Waals surface area (Å²) >= 11 is 3.85. The van der Waals surface area contributed by atoms with E-state index in [0.29, 0.717) is 0 Å². The molecule has 0 radical (unpaired) electrons. The van der Waals surface area contributed by atoms with Gasteiger partial charge in [0.1, 0.15) is 0 Å². The maximum atomic E-state index is 2.40. The molecule has 2 heterocycles. The van der Waals surface area contributed by atoms with Crippen LogP contribution < -0.4 is 0 Å². The van der Waals surface area contributed by atoms with Crippen LogP contribution in [0, 0.1) is 27.7 Å². The zero-order chi connectivity index (χ0) is 20.6. The van der Waals surface area contributed by atoms with E-state index >= 15 is 0 Å². The Bertz CT molecular complexity index is 1630. The second-order valence-corrected chi connectivity index (χ2v) is 10.5. The van der Waals surface area contributed by atoms with Crippen molar-refractivity contribution in [2.45, 2.75) is 27.7 Å². The van der Waals surface area contributed by atoms with Crippen molar-refractivity contribution in [3.63, 3.8) is 0 Å². The number of rotatable bonds is 1. The molecule has 0 spiro atoms. The third-order valence-electron chi connectivity index (χ3n) is 6.31. The van der Waals surface area contributed by atoms with Crippen molar-refractivity contribution in [1.29, 1.82) is 0 Å². The van der Waals surface area contributed by atoms with Crippen molar-refractivity contribution in [2.24, 2.45) is 0 Å². The van der Waals surface area contributed by atoms with Gasteiger partial charge in [-0.15, -0.1) is 22.7 Å². The molecule has 0 saturated carbocycles. The number of thiophene rings is 2. The molecule has 0 bridgehead atoms. The fraction of sp³-hybridized carbons (Fsp3) is 0.143. The molecule has 0 nitrogen and oxygen atoms in total. The van der Waals surface area contributed by atoms with Crippen LogP contribution in [-0.2, 0) is 0 Å². The second kappa shape index (κ2) is 6.41. The summed E-state index contributed by atoms with van der Waals surface area (Å²) in [5.74, 6) is 0. The molecule has 0 fully saturated rings. The van der Waals surface area contributed by atoms with Gasteiger partial charge >= 0.3 is 0 Å². The first-order valence-corrected chi connectivity index (χ1v) is 12.0. The van der Waals surface area contributed by atoms with Gasteiger partial charge in [-0.3, -0.25) is 0 Å². The maximum absolute atomic E-state index is 2.40. The van der Waals surface area contributed by atoms with Crippen molar-refractivity contribution in [3.8, 4) is 11.1 Å². The Hall–Kier alpha value is -2.68. The average Bonchev–Trinajstić information content (AvgIpc) is 3.30. The van der Waals surface area contributed by atoms with E-state index in [0.717, 1.165) is 0 Å². The van der Waals surface area contributed by atoms with Crippen LogP contribution in [0.3, 0.4) is 0 Å². The van der Waals surface area contributed by atoms with Crippen LogP contribution >= 0.6 is 22.7 Å². The van der Waals surface area contributed by atoms with Gasteiger partial charge in [0.15, 0.2) is 0 Å². The van der Waals surface area contributed by atoms with Gasteiger partial charge in [0.2, 0.25) is 0 Å². The fourth-order valence-electron chi connectivity index (χ4n) is 4.92. The van der Waals surface area contributed by atoms with Crippen molar-refractivity contribution in [3.05, 3.63) is 82.9 Å². The van der Waals surface area contributed by atoms with Crippen molar-refractivity contribution in [1.82, 2.24) is 0 Å². The fourth-order valence-corrected chi connectivity index (χ4v) is 7.39. The highest BCUT2D eigenvalue weighted by Gasteiger charge is 2.15. The van der Waals surface area contributed by atoms with Gasteiger partial charge in [-0.05, 0) is 73.7 Å². The lowest BCUT2D eigenvalue weighted by atomic mass is 9.94. The molecule has 0 atom stereocenters. The van der Waals surface area contributed by atoms with Gasteiger partial charge in [0.05, 0.1) is 0 Å². The Labute approximate surface area is 184 Å². The van der Waals surface area contributed by atoms with Crippen molar-refractivity contribution < 1.29 is 0 Å². The number of hydrogen-bond donors (Lipinski definition) is 0. The number of fused-ring (bicyclic) bond motifs is 6. The van der Waals surface area contributed by atoms with E-state index in [1.165, 1.54) is 73.7 Å². The molecule has 4 aromatic carbocycles. The van der Waals surface area contributed by atoms with Crippen molar-refractivity contribution >= 4 is 63.0 Å². The number of hydrogen-bond acceptors (Lipinski definition) is 2. The minimum Gasteiger partial charge on any atom is -0.135 e. The Balaban J connectivity index is 1.63. The molecule has 2 heteroatoms. The lowest BCUT2D eigenvalue weighted by Gasteiger charge is -2.10. The van der Waals surface area contributed by atoms with Crippen LogP contribution in [0.1, 0.15) is 22.3 Å². The predicted molar refractivity (Wildman–Crippen MR) is 137 cm³/mol. The maximum Gasteiger partial charge on any atom is 0.0393 e. The Morgan fingerprint density at radius 2 is 1.40 bits per heavy atom. The minimum atomic E-state index is 1.32. The van der Waals surface area contributed by atoms with E-state index in [1.54, 1.807) is 0 Å². The molecule has 146 valence electrons. The van der Waals surface area contributed by atoms with Crippen molar-refractivity contribution in [2.75, 3.05) is 0 Å². The molecule has 6 rings (SSSR count). The molecule has 6 aromatic rings. The van der Waals surface area contributed by atoms with E-state index in [4.69, 9.17) is 0 Å². The lowest BCUT2D eigenvalue weighted by molar-refractivity contribution is 1.44.